The first-order chi connectivity index (χ1) is 9.79. The number of carbonyl (C=O) groups excluding carboxylic acids is 1. The van der Waals surface area contributed by atoms with E-state index in [1.807, 2.05) is 27.7 Å². The van der Waals surface area contributed by atoms with Crippen molar-refractivity contribution >= 4 is 5.97 Å². The van der Waals surface area contributed by atoms with E-state index in [-0.39, 0.29) is 34.7 Å². The Bertz CT molecular complexity index is 539. The second-order valence-corrected chi connectivity index (χ2v) is 7.56. The van der Waals surface area contributed by atoms with Gasteiger partial charge in [0.1, 0.15) is 6.10 Å². The molecule has 1 saturated carbocycles. The number of allylic oxidation sites excluding steroid dienone is 1. The summed E-state index contributed by atoms with van der Waals surface area (Å²) in [7, 11) is 0. The summed E-state index contributed by atoms with van der Waals surface area (Å²) in [5, 5.41) is 0. The number of alkyl halides is 3. The molecule has 0 N–H and O–H groups in total. The molecular weight excluding hydrogens is 293 g/mol. The van der Waals surface area contributed by atoms with Gasteiger partial charge in [0.05, 0.1) is 12.3 Å². The van der Waals surface area contributed by atoms with E-state index < -0.39 is 18.7 Å². The predicted octanol–water partition coefficient (Wildman–Crippen LogP) is 4.81. The van der Waals surface area contributed by atoms with Crippen LogP contribution in [0.4, 0.5) is 13.2 Å². The maximum Gasteiger partial charge on any atom is 0.393 e. The molecule has 22 heavy (non-hydrogen) atoms. The van der Waals surface area contributed by atoms with E-state index in [0.29, 0.717) is 11.1 Å². The third kappa shape index (κ3) is 2.70. The summed E-state index contributed by atoms with van der Waals surface area (Å²) in [6.45, 7) is 13.3. The fourth-order valence-corrected chi connectivity index (χ4v) is 3.56. The quantitative estimate of drug-likeness (QED) is 0.699. The Morgan fingerprint density at radius 2 is 1.77 bits per heavy atom. The van der Waals surface area contributed by atoms with Gasteiger partial charge in [-0.15, -0.1) is 0 Å². The van der Waals surface area contributed by atoms with Crippen molar-refractivity contribution in [2.75, 3.05) is 0 Å². The van der Waals surface area contributed by atoms with Crippen LogP contribution in [0.1, 0.15) is 47.5 Å². The highest BCUT2D eigenvalue weighted by molar-refractivity contribution is 5.79. The van der Waals surface area contributed by atoms with Crippen LogP contribution in [-0.2, 0) is 9.53 Å². The predicted molar refractivity (Wildman–Crippen MR) is 78.1 cm³/mol. The van der Waals surface area contributed by atoms with Crippen molar-refractivity contribution in [1.29, 1.82) is 0 Å². The van der Waals surface area contributed by atoms with Crippen molar-refractivity contribution in [2.24, 2.45) is 16.7 Å². The number of carbonyl (C=O) groups is 1. The molecule has 2 nitrogen and oxygen atoms in total. The molecule has 1 unspecified atom stereocenters. The topological polar surface area (TPSA) is 26.3 Å². The zero-order valence-corrected chi connectivity index (χ0v) is 13.7. The molecule has 2 aliphatic rings. The average Bonchev–Trinajstić information content (AvgIpc) is 2.59. The van der Waals surface area contributed by atoms with Gasteiger partial charge in [0.25, 0.3) is 0 Å². The minimum Gasteiger partial charge on any atom is -0.457 e. The lowest BCUT2D eigenvalue weighted by Gasteiger charge is -2.15. The third-order valence-corrected chi connectivity index (χ3v) is 5.71. The van der Waals surface area contributed by atoms with E-state index in [1.54, 1.807) is 6.92 Å². The molecule has 0 aromatic heterocycles. The van der Waals surface area contributed by atoms with Gasteiger partial charge in [-0.3, -0.25) is 4.79 Å². The van der Waals surface area contributed by atoms with E-state index in [2.05, 4.69) is 6.58 Å². The molecule has 0 aliphatic heterocycles. The Kier molecular flexibility index (Phi) is 3.78. The lowest BCUT2D eigenvalue weighted by molar-refractivity contribution is -0.150. The molecule has 5 heteroatoms. The van der Waals surface area contributed by atoms with Gasteiger partial charge in [-0.25, -0.2) is 0 Å². The fourth-order valence-electron chi connectivity index (χ4n) is 3.56. The van der Waals surface area contributed by atoms with E-state index in [9.17, 15) is 18.0 Å². The van der Waals surface area contributed by atoms with E-state index in [1.165, 1.54) is 0 Å². The van der Waals surface area contributed by atoms with Gasteiger partial charge >= 0.3 is 12.1 Å². The molecule has 0 bridgehead atoms. The highest BCUT2D eigenvalue weighted by Crippen LogP contribution is 2.68. The van der Waals surface area contributed by atoms with Crippen LogP contribution in [0.15, 0.2) is 23.3 Å². The number of hydrogen-bond donors (Lipinski definition) is 0. The van der Waals surface area contributed by atoms with Crippen molar-refractivity contribution < 1.29 is 22.7 Å². The molecule has 0 aromatic rings. The molecular formula is C17H23F3O2. The van der Waals surface area contributed by atoms with Gasteiger partial charge in [-0.2, -0.15) is 13.2 Å². The van der Waals surface area contributed by atoms with Crippen LogP contribution in [-0.4, -0.2) is 18.2 Å². The van der Waals surface area contributed by atoms with Crippen LogP contribution in [0.5, 0.6) is 0 Å². The fraction of sp³-hybridized carbons (Fsp3) is 0.706. The van der Waals surface area contributed by atoms with Crippen LogP contribution < -0.4 is 0 Å². The van der Waals surface area contributed by atoms with Gasteiger partial charge in [-0.05, 0) is 34.5 Å². The first kappa shape index (κ1) is 17.1. The first-order valence-corrected chi connectivity index (χ1v) is 7.44. The minimum absolute atomic E-state index is 0.147. The number of halogens is 3. The molecule has 0 heterocycles. The van der Waals surface area contributed by atoms with Gasteiger partial charge in [-0.1, -0.05) is 34.3 Å². The SMILES string of the molecule is C=C1CC(OC(=O)C2C(C)(C)C2(C)C)C(C)=C1CC(F)(F)F. The maximum atomic E-state index is 12.6. The maximum absolute atomic E-state index is 12.6. The van der Waals surface area contributed by atoms with Crippen molar-refractivity contribution in [3.8, 4) is 0 Å². The lowest BCUT2D eigenvalue weighted by Crippen LogP contribution is -2.20. The van der Waals surface area contributed by atoms with Gasteiger partial charge < -0.3 is 4.74 Å². The van der Waals surface area contributed by atoms with Crippen molar-refractivity contribution in [1.82, 2.24) is 0 Å². The summed E-state index contributed by atoms with van der Waals surface area (Å²) in [6, 6.07) is 0. The number of esters is 1. The second-order valence-electron chi connectivity index (χ2n) is 7.56. The van der Waals surface area contributed by atoms with Crippen LogP contribution in [0.25, 0.3) is 0 Å². The Morgan fingerprint density at radius 1 is 1.27 bits per heavy atom. The largest absolute Gasteiger partial charge is 0.457 e. The molecule has 0 amide bonds. The molecule has 2 aliphatic carbocycles. The summed E-state index contributed by atoms with van der Waals surface area (Å²) in [6.07, 6.45) is -5.63. The molecule has 0 aromatic carbocycles. The Morgan fingerprint density at radius 3 is 2.18 bits per heavy atom. The lowest BCUT2D eigenvalue weighted by atomic mass is 10.0. The highest BCUT2D eigenvalue weighted by Gasteiger charge is 2.69. The zero-order chi connectivity index (χ0) is 17.1. The monoisotopic (exact) mass is 316 g/mol. The Hall–Kier alpha value is -1.26. The smallest absolute Gasteiger partial charge is 0.393 e. The highest BCUT2D eigenvalue weighted by atomic mass is 19.4. The van der Waals surface area contributed by atoms with Gasteiger partial charge in [0, 0.05) is 6.42 Å². The van der Waals surface area contributed by atoms with Crippen LogP contribution in [0.2, 0.25) is 0 Å². The minimum atomic E-state index is -4.28. The molecule has 1 fully saturated rings. The number of rotatable bonds is 3. The molecule has 0 saturated heterocycles. The number of ether oxygens (including phenoxy) is 1. The van der Waals surface area contributed by atoms with E-state index >= 15 is 0 Å². The standard InChI is InChI=1S/C17H23F3O2/c1-9-7-12(10(2)11(9)8-17(18,19)20)22-14(21)13-15(3,4)16(13,5)6/h12-13H,1,7-8H2,2-6H3. The first-order valence-electron chi connectivity index (χ1n) is 7.44. The van der Waals surface area contributed by atoms with E-state index in [4.69, 9.17) is 4.74 Å². The average molecular weight is 316 g/mol. The third-order valence-electron chi connectivity index (χ3n) is 5.71. The van der Waals surface area contributed by atoms with Gasteiger partial charge in [0.2, 0.25) is 0 Å². The van der Waals surface area contributed by atoms with Gasteiger partial charge in [0.15, 0.2) is 0 Å². The van der Waals surface area contributed by atoms with Crippen molar-refractivity contribution in [3.05, 3.63) is 23.3 Å². The second kappa shape index (κ2) is 4.87. The molecule has 124 valence electrons. The van der Waals surface area contributed by atoms with Crippen LogP contribution >= 0.6 is 0 Å². The zero-order valence-electron chi connectivity index (χ0n) is 13.7. The normalized spacial score (nSPS) is 27.3. The summed E-state index contributed by atoms with van der Waals surface area (Å²) >= 11 is 0. The Labute approximate surface area is 129 Å². The molecule has 1 atom stereocenters. The van der Waals surface area contributed by atoms with Crippen molar-refractivity contribution in [3.63, 3.8) is 0 Å². The Balaban J connectivity index is 2.09. The molecule has 0 radical (unpaired) electrons. The summed E-state index contributed by atoms with van der Waals surface area (Å²) < 4.78 is 43.3. The van der Waals surface area contributed by atoms with Crippen LogP contribution in [0, 0.1) is 16.7 Å². The summed E-state index contributed by atoms with van der Waals surface area (Å²) in [5.74, 6) is -0.534. The van der Waals surface area contributed by atoms with Crippen LogP contribution in [0.3, 0.4) is 0 Å². The molecule has 0 spiro atoms. The summed E-state index contributed by atoms with van der Waals surface area (Å²) in [5.41, 5.74) is 0.784. The summed E-state index contributed by atoms with van der Waals surface area (Å²) in [4.78, 5) is 12.3. The van der Waals surface area contributed by atoms with Crippen molar-refractivity contribution in [2.45, 2.75) is 59.7 Å². The molecule has 2 rings (SSSR count). The van der Waals surface area contributed by atoms with E-state index in [0.717, 1.165) is 0 Å². The number of hydrogen-bond acceptors (Lipinski definition) is 2.